The maximum Gasteiger partial charge on any atom is 0.257 e. The summed E-state index contributed by atoms with van der Waals surface area (Å²) < 4.78 is 5.68. The minimum absolute atomic E-state index is 0.0992. The van der Waals surface area contributed by atoms with E-state index in [1.165, 1.54) is 11.8 Å². The number of hydrogen-bond donors (Lipinski definition) is 1. The normalized spacial score (nSPS) is 12.3. The molecule has 0 aliphatic rings. The smallest absolute Gasteiger partial charge is 0.257 e. The monoisotopic (exact) mass is 327 g/mol. The summed E-state index contributed by atoms with van der Waals surface area (Å²) in [7, 11) is 0. The van der Waals surface area contributed by atoms with Crippen LogP contribution in [-0.4, -0.2) is 21.1 Å². The van der Waals surface area contributed by atoms with Crippen molar-refractivity contribution in [2.24, 2.45) is 0 Å². The van der Waals surface area contributed by atoms with Gasteiger partial charge in [-0.2, -0.15) is 0 Å². The Hall–Kier alpha value is -2.34. The van der Waals surface area contributed by atoms with Gasteiger partial charge in [0.05, 0.1) is 5.25 Å². The molecule has 1 aromatic carbocycles. The second kappa shape index (κ2) is 6.83. The van der Waals surface area contributed by atoms with Gasteiger partial charge in [-0.05, 0) is 43.2 Å². The number of hydrogen-bond acceptors (Lipinski definition) is 5. The summed E-state index contributed by atoms with van der Waals surface area (Å²) in [5.74, 6) is 0.462. The van der Waals surface area contributed by atoms with Gasteiger partial charge in [0.2, 0.25) is 5.91 Å². The highest BCUT2D eigenvalue weighted by Gasteiger charge is 2.21. The number of thioether (sulfide) groups is 1. The Morgan fingerprint density at radius 2 is 2.17 bits per heavy atom. The van der Waals surface area contributed by atoms with Gasteiger partial charge < -0.3 is 9.73 Å². The Bertz CT molecular complexity index is 798. The Morgan fingerprint density at radius 3 is 2.91 bits per heavy atom. The largest absolute Gasteiger partial charge is 0.431 e. The number of rotatable bonds is 5. The van der Waals surface area contributed by atoms with E-state index in [2.05, 4.69) is 15.3 Å². The molecule has 5 nitrogen and oxygen atoms in total. The maximum absolute atomic E-state index is 12.4. The zero-order chi connectivity index (χ0) is 16.2. The van der Waals surface area contributed by atoms with E-state index in [9.17, 15) is 4.79 Å². The molecule has 6 heteroatoms. The summed E-state index contributed by atoms with van der Waals surface area (Å²) in [5, 5.41) is 3.07. The fourth-order valence-electron chi connectivity index (χ4n) is 2.16. The molecule has 2 aromatic heterocycles. The van der Waals surface area contributed by atoms with Gasteiger partial charge in [0.15, 0.2) is 5.58 Å². The molecule has 23 heavy (non-hydrogen) atoms. The van der Waals surface area contributed by atoms with Crippen molar-refractivity contribution in [3.63, 3.8) is 0 Å². The van der Waals surface area contributed by atoms with E-state index < -0.39 is 0 Å². The van der Waals surface area contributed by atoms with Crippen LogP contribution in [0.4, 0.5) is 5.82 Å². The van der Waals surface area contributed by atoms with Crippen molar-refractivity contribution in [2.75, 3.05) is 5.32 Å². The topological polar surface area (TPSA) is 68.0 Å². The van der Waals surface area contributed by atoms with E-state index in [1.54, 1.807) is 6.20 Å². The van der Waals surface area contributed by atoms with Crippen molar-refractivity contribution in [1.82, 2.24) is 9.97 Å². The van der Waals surface area contributed by atoms with Gasteiger partial charge in [-0.1, -0.05) is 30.8 Å². The Balaban J connectivity index is 1.72. The number of para-hydroxylation sites is 2. The zero-order valence-electron chi connectivity index (χ0n) is 12.9. The van der Waals surface area contributed by atoms with Crippen LogP contribution in [0.25, 0.3) is 11.1 Å². The van der Waals surface area contributed by atoms with Crippen LogP contribution >= 0.6 is 11.8 Å². The van der Waals surface area contributed by atoms with E-state index >= 15 is 0 Å². The number of anilines is 1. The second-order valence-electron chi connectivity index (χ2n) is 5.17. The summed E-state index contributed by atoms with van der Waals surface area (Å²) in [5.41, 5.74) is 2.58. The first-order valence-electron chi connectivity index (χ1n) is 7.41. The molecule has 3 rings (SSSR count). The molecule has 3 aromatic rings. The van der Waals surface area contributed by atoms with Gasteiger partial charge in [0, 0.05) is 6.20 Å². The minimum Gasteiger partial charge on any atom is -0.431 e. The van der Waals surface area contributed by atoms with Gasteiger partial charge in [-0.3, -0.25) is 4.79 Å². The number of fused-ring (bicyclic) bond motifs is 1. The average Bonchev–Trinajstić information content (AvgIpc) is 2.95. The highest BCUT2D eigenvalue weighted by Crippen LogP contribution is 2.28. The highest BCUT2D eigenvalue weighted by atomic mass is 32.2. The van der Waals surface area contributed by atoms with Crippen LogP contribution in [0.15, 0.2) is 52.2 Å². The molecule has 0 aliphatic carbocycles. The molecule has 0 saturated heterocycles. The molecule has 0 spiro atoms. The number of benzene rings is 1. The van der Waals surface area contributed by atoms with E-state index in [4.69, 9.17) is 4.42 Å². The van der Waals surface area contributed by atoms with Crippen LogP contribution in [0.2, 0.25) is 0 Å². The van der Waals surface area contributed by atoms with Gasteiger partial charge >= 0.3 is 0 Å². The molecular formula is C17H17N3O2S. The van der Waals surface area contributed by atoms with Gasteiger partial charge in [0.1, 0.15) is 11.3 Å². The van der Waals surface area contributed by atoms with Crippen LogP contribution in [-0.2, 0) is 4.79 Å². The third kappa shape index (κ3) is 3.71. The number of carbonyl (C=O) groups excluding carboxylic acids is 1. The van der Waals surface area contributed by atoms with Crippen LogP contribution in [0, 0.1) is 6.92 Å². The van der Waals surface area contributed by atoms with Crippen LogP contribution < -0.4 is 5.32 Å². The van der Waals surface area contributed by atoms with Crippen molar-refractivity contribution in [3.05, 3.63) is 48.2 Å². The quantitative estimate of drug-likeness (QED) is 0.716. The summed E-state index contributed by atoms with van der Waals surface area (Å²) in [6, 6.07) is 11.3. The summed E-state index contributed by atoms with van der Waals surface area (Å²) >= 11 is 1.33. The van der Waals surface area contributed by atoms with E-state index in [0.29, 0.717) is 17.5 Å². The Morgan fingerprint density at radius 1 is 1.35 bits per heavy atom. The molecule has 0 aliphatic heterocycles. The molecule has 1 unspecified atom stereocenters. The lowest BCUT2D eigenvalue weighted by Gasteiger charge is -2.12. The van der Waals surface area contributed by atoms with E-state index in [0.717, 1.165) is 16.7 Å². The van der Waals surface area contributed by atoms with Crippen molar-refractivity contribution in [3.8, 4) is 0 Å². The third-order valence-corrected chi connectivity index (χ3v) is 4.56. The van der Waals surface area contributed by atoms with Gasteiger partial charge in [-0.15, -0.1) is 0 Å². The van der Waals surface area contributed by atoms with Crippen molar-refractivity contribution in [1.29, 1.82) is 0 Å². The molecule has 0 bridgehead atoms. The van der Waals surface area contributed by atoms with Crippen LogP contribution in [0.1, 0.15) is 18.9 Å². The number of nitrogens with one attached hydrogen (secondary N) is 1. The van der Waals surface area contributed by atoms with Crippen molar-refractivity contribution < 1.29 is 9.21 Å². The molecule has 1 atom stereocenters. The first-order chi connectivity index (χ1) is 11.2. The number of pyridine rings is 1. The number of aromatic nitrogens is 2. The highest BCUT2D eigenvalue weighted by molar-refractivity contribution is 8.00. The van der Waals surface area contributed by atoms with Gasteiger partial charge in [0.25, 0.3) is 5.22 Å². The van der Waals surface area contributed by atoms with Crippen LogP contribution in [0.5, 0.6) is 0 Å². The van der Waals surface area contributed by atoms with Crippen molar-refractivity contribution in [2.45, 2.75) is 30.7 Å². The summed E-state index contributed by atoms with van der Waals surface area (Å²) in [4.78, 5) is 21.0. The molecule has 1 N–H and O–H groups in total. The van der Waals surface area contributed by atoms with Crippen LogP contribution in [0.3, 0.4) is 0 Å². The third-order valence-electron chi connectivity index (χ3n) is 3.35. The Labute approximate surface area is 138 Å². The van der Waals surface area contributed by atoms with E-state index in [1.807, 2.05) is 50.2 Å². The molecule has 1 amide bonds. The number of aryl methyl sites for hydroxylation is 1. The summed E-state index contributed by atoms with van der Waals surface area (Å²) in [6.07, 6.45) is 2.35. The zero-order valence-corrected chi connectivity index (χ0v) is 13.8. The molecule has 118 valence electrons. The Kier molecular flexibility index (Phi) is 4.62. The van der Waals surface area contributed by atoms with E-state index in [-0.39, 0.29) is 11.2 Å². The molecular weight excluding hydrogens is 310 g/mol. The predicted molar refractivity (Wildman–Crippen MR) is 91.5 cm³/mol. The first-order valence-corrected chi connectivity index (χ1v) is 8.29. The van der Waals surface area contributed by atoms with Crippen molar-refractivity contribution >= 4 is 34.6 Å². The second-order valence-corrected chi connectivity index (χ2v) is 6.32. The standard InChI is InChI=1S/C17H17N3O2S/c1-3-14(16(21)20-15-10-11(2)8-9-18-15)23-17-19-12-6-4-5-7-13(12)22-17/h4-10,14H,3H2,1-2H3,(H,18,20,21). The maximum atomic E-state index is 12.4. The average molecular weight is 327 g/mol. The lowest BCUT2D eigenvalue weighted by atomic mass is 10.3. The lowest BCUT2D eigenvalue weighted by molar-refractivity contribution is -0.115. The first kappa shape index (κ1) is 15.6. The fraction of sp³-hybridized carbons (Fsp3) is 0.235. The number of nitrogens with zero attached hydrogens (tertiary/aromatic N) is 2. The number of carbonyl (C=O) groups is 1. The van der Waals surface area contributed by atoms with Gasteiger partial charge in [-0.25, -0.2) is 9.97 Å². The molecule has 0 radical (unpaired) electrons. The predicted octanol–water partition coefficient (Wildman–Crippen LogP) is 4.04. The number of amides is 1. The minimum atomic E-state index is -0.287. The molecule has 0 saturated carbocycles. The molecule has 2 heterocycles. The lowest BCUT2D eigenvalue weighted by Crippen LogP contribution is -2.25. The fourth-order valence-corrected chi connectivity index (χ4v) is 3.02. The SMILES string of the molecule is CCC(Sc1nc2ccccc2o1)C(=O)Nc1cc(C)ccn1. The number of oxazole rings is 1. The summed E-state index contributed by atoms with van der Waals surface area (Å²) in [6.45, 7) is 3.92. The molecule has 0 fully saturated rings.